The summed E-state index contributed by atoms with van der Waals surface area (Å²) in [4.78, 5) is 30.2. The van der Waals surface area contributed by atoms with Gasteiger partial charge < -0.3 is 14.4 Å². The Morgan fingerprint density at radius 3 is 2.44 bits per heavy atom. The lowest BCUT2D eigenvalue weighted by Crippen LogP contribution is -2.62. The number of fused-ring (bicyclic) bond motifs is 3. The molecule has 208 valence electrons. The molecule has 0 spiro atoms. The van der Waals surface area contributed by atoms with Crippen LogP contribution in [0.1, 0.15) is 69.2 Å². The summed E-state index contributed by atoms with van der Waals surface area (Å²) in [6.45, 7) is 13.7. The summed E-state index contributed by atoms with van der Waals surface area (Å²) < 4.78 is 13.3. The number of amides is 1. The Morgan fingerprint density at radius 1 is 1.08 bits per heavy atom. The van der Waals surface area contributed by atoms with Crippen LogP contribution < -0.4 is 4.74 Å². The number of hydrogen-bond donors (Lipinski definition) is 0. The Bertz CT molecular complexity index is 1400. The number of nitrogens with zero attached hydrogens (tertiary/aromatic N) is 3. The molecular weight excluding hydrogens is 490 g/mol. The molecule has 2 aliphatic rings. The fourth-order valence-corrected chi connectivity index (χ4v) is 6.67. The minimum atomic E-state index is -0.587. The third-order valence-electron chi connectivity index (χ3n) is 8.50. The van der Waals surface area contributed by atoms with Gasteiger partial charge in [-0.15, -0.1) is 0 Å². The third kappa shape index (κ3) is 4.93. The van der Waals surface area contributed by atoms with E-state index < -0.39 is 5.60 Å². The van der Waals surface area contributed by atoms with Gasteiger partial charge in [0.2, 0.25) is 5.91 Å². The third-order valence-corrected chi connectivity index (χ3v) is 8.50. The average Bonchev–Trinajstić information content (AvgIpc) is 3.32. The van der Waals surface area contributed by atoms with Gasteiger partial charge in [0.05, 0.1) is 18.2 Å². The van der Waals surface area contributed by atoms with E-state index in [9.17, 15) is 9.59 Å². The molecule has 1 amide bonds. The average molecular weight is 532 g/mol. The second-order valence-corrected chi connectivity index (χ2v) is 12.2. The van der Waals surface area contributed by atoms with E-state index in [1.54, 1.807) is 18.6 Å². The summed E-state index contributed by atoms with van der Waals surface area (Å²) >= 11 is 0. The number of likely N-dealkylation sites (tertiary alicyclic amines) is 2. The number of ether oxygens (including phenoxy) is 2. The first-order valence-corrected chi connectivity index (χ1v) is 13.9. The Labute approximate surface area is 231 Å². The molecule has 0 saturated carbocycles. The highest BCUT2D eigenvalue weighted by Crippen LogP contribution is 2.47. The highest BCUT2D eigenvalue weighted by atomic mass is 16.6. The maximum absolute atomic E-state index is 13.1. The van der Waals surface area contributed by atoms with Gasteiger partial charge in [0.15, 0.2) is 0 Å². The van der Waals surface area contributed by atoms with Crippen molar-refractivity contribution in [3.05, 3.63) is 64.8 Å². The summed E-state index contributed by atoms with van der Waals surface area (Å²) in [7, 11) is 1.71. The topological polar surface area (TPSA) is 64.0 Å². The predicted octanol–water partition coefficient (Wildman–Crippen LogP) is 6.16. The van der Waals surface area contributed by atoms with Crippen molar-refractivity contribution < 1.29 is 19.1 Å². The van der Waals surface area contributed by atoms with E-state index in [0.29, 0.717) is 6.54 Å². The van der Waals surface area contributed by atoms with Gasteiger partial charge in [-0.05, 0) is 77.1 Å². The highest BCUT2D eigenvalue weighted by molar-refractivity contribution is 5.95. The number of hydrogen-bond acceptors (Lipinski definition) is 5. The van der Waals surface area contributed by atoms with Crippen LogP contribution in [0.15, 0.2) is 42.6 Å². The van der Waals surface area contributed by atoms with E-state index in [4.69, 9.17) is 9.47 Å². The molecule has 0 radical (unpaired) electrons. The molecule has 39 heavy (non-hydrogen) atoms. The Kier molecular flexibility index (Phi) is 7.00. The monoisotopic (exact) mass is 531 g/mol. The van der Waals surface area contributed by atoms with Gasteiger partial charge in [-0.1, -0.05) is 29.8 Å². The molecule has 2 fully saturated rings. The van der Waals surface area contributed by atoms with Crippen molar-refractivity contribution in [2.24, 2.45) is 0 Å². The number of rotatable bonds is 4. The van der Waals surface area contributed by atoms with E-state index in [1.807, 2.05) is 46.0 Å². The van der Waals surface area contributed by atoms with Crippen LogP contribution in [-0.4, -0.2) is 58.2 Å². The van der Waals surface area contributed by atoms with Gasteiger partial charge in [-0.3, -0.25) is 14.3 Å². The summed E-state index contributed by atoms with van der Waals surface area (Å²) in [6, 6.07) is 13.2. The Balaban J connectivity index is 1.59. The predicted molar refractivity (Wildman–Crippen MR) is 153 cm³/mol. The van der Waals surface area contributed by atoms with Crippen molar-refractivity contribution >= 4 is 22.9 Å². The standard InChI is InChI=1S/C32H41N3O4/c1-21-8-10-24(11-9-21)32-14-17-34(23(3)36)25(19-32)12-15-33(32)20-27-26-13-16-35(30(37)39-31(4,5)6)29(26)22(2)18-28(27)38-7/h8-11,13,16,18,25H,12,14-15,17,19-20H2,1-7H3. The highest BCUT2D eigenvalue weighted by Gasteiger charge is 2.49. The largest absolute Gasteiger partial charge is 0.496 e. The molecule has 2 aromatic carbocycles. The van der Waals surface area contributed by atoms with Crippen molar-refractivity contribution in [1.82, 2.24) is 14.4 Å². The minimum absolute atomic E-state index is 0.163. The number of carbonyl (C=O) groups excluding carboxylic acids is 2. The quantitative estimate of drug-likeness (QED) is 0.403. The lowest BCUT2D eigenvalue weighted by atomic mass is 9.72. The van der Waals surface area contributed by atoms with Gasteiger partial charge in [-0.25, -0.2) is 4.79 Å². The first-order chi connectivity index (χ1) is 18.4. The molecule has 7 nitrogen and oxygen atoms in total. The van der Waals surface area contributed by atoms with Gasteiger partial charge in [0.1, 0.15) is 11.4 Å². The number of benzene rings is 2. The second-order valence-electron chi connectivity index (χ2n) is 12.2. The van der Waals surface area contributed by atoms with Crippen LogP contribution in [0, 0.1) is 13.8 Å². The summed E-state index contributed by atoms with van der Waals surface area (Å²) in [5.41, 5.74) is 4.65. The number of aryl methyl sites for hydroxylation is 2. The van der Waals surface area contributed by atoms with Crippen molar-refractivity contribution in [3.63, 3.8) is 0 Å². The van der Waals surface area contributed by atoms with E-state index in [-0.39, 0.29) is 23.6 Å². The molecule has 0 N–H and O–H groups in total. The maximum atomic E-state index is 13.1. The normalized spacial score (nSPS) is 21.7. The first kappa shape index (κ1) is 27.3. The Hall–Kier alpha value is -3.32. The molecule has 0 aliphatic carbocycles. The summed E-state index contributed by atoms with van der Waals surface area (Å²) in [6.07, 6.45) is 4.14. The molecule has 1 aromatic heterocycles. The van der Waals surface area contributed by atoms with E-state index >= 15 is 0 Å². The zero-order valence-corrected chi connectivity index (χ0v) is 24.3. The fraction of sp³-hybridized carbons (Fsp3) is 0.500. The summed E-state index contributed by atoms with van der Waals surface area (Å²) in [5, 5.41) is 1.00. The van der Waals surface area contributed by atoms with Crippen LogP contribution in [0.25, 0.3) is 10.9 Å². The van der Waals surface area contributed by atoms with E-state index in [1.165, 1.54) is 11.1 Å². The number of methoxy groups -OCH3 is 1. The maximum Gasteiger partial charge on any atom is 0.419 e. The van der Waals surface area contributed by atoms with Crippen LogP contribution >= 0.6 is 0 Å². The SMILES string of the molecule is COc1cc(C)c2c(ccn2C(=O)OC(C)(C)C)c1CN1CCC2CC1(c1ccc(C)cc1)CCN2C(C)=O. The minimum Gasteiger partial charge on any atom is -0.496 e. The molecule has 2 aliphatic heterocycles. The number of aromatic nitrogens is 1. The molecule has 7 heteroatoms. The fourth-order valence-electron chi connectivity index (χ4n) is 6.67. The van der Waals surface area contributed by atoms with Gasteiger partial charge in [0, 0.05) is 49.7 Å². The molecule has 5 rings (SSSR count). The number of piperidine rings is 2. The molecule has 3 heterocycles. The van der Waals surface area contributed by atoms with Crippen molar-refractivity contribution in [1.29, 1.82) is 0 Å². The van der Waals surface area contributed by atoms with Crippen LogP contribution in [0.4, 0.5) is 4.79 Å². The summed E-state index contributed by atoms with van der Waals surface area (Å²) in [5.74, 6) is 0.987. The molecular formula is C32H41N3O4. The first-order valence-electron chi connectivity index (χ1n) is 13.9. The molecule has 3 aromatic rings. The van der Waals surface area contributed by atoms with Crippen LogP contribution in [0.5, 0.6) is 5.75 Å². The zero-order valence-electron chi connectivity index (χ0n) is 24.3. The van der Waals surface area contributed by atoms with Crippen molar-refractivity contribution in [2.45, 2.75) is 84.5 Å². The molecule has 2 atom stereocenters. The van der Waals surface area contributed by atoms with E-state index in [0.717, 1.165) is 60.1 Å². The van der Waals surface area contributed by atoms with Gasteiger partial charge >= 0.3 is 6.09 Å². The second kappa shape index (κ2) is 10.0. The smallest absolute Gasteiger partial charge is 0.419 e. The van der Waals surface area contributed by atoms with Crippen molar-refractivity contribution in [2.75, 3.05) is 20.2 Å². The van der Waals surface area contributed by atoms with Crippen LogP contribution in [0.2, 0.25) is 0 Å². The molecule has 2 saturated heterocycles. The molecule has 2 bridgehead atoms. The lowest BCUT2D eigenvalue weighted by molar-refractivity contribution is -0.140. The number of carbonyl (C=O) groups is 2. The zero-order chi connectivity index (χ0) is 28.1. The molecule has 2 unspecified atom stereocenters. The lowest BCUT2D eigenvalue weighted by Gasteiger charge is -2.56. The van der Waals surface area contributed by atoms with Crippen LogP contribution in [-0.2, 0) is 21.6 Å². The van der Waals surface area contributed by atoms with Crippen LogP contribution in [0.3, 0.4) is 0 Å². The Morgan fingerprint density at radius 2 is 1.79 bits per heavy atom. The van der Waals surface area contributed by atoms with Gasteiger partial charge in [-0.2, -0.15) is 0 Å². The van der Waals surface area contributed by atoms with E-state index in [2.05, 4.69) is 41.0 Å². The van der Waals surface area contributed by atoms with Crippen molar-refractivity contribution in [3.8, 4) is 5.75 Å². The van der Waals surface area contributed by atoms with Gasteiger partial charge in [0.25, 0.3) is 0 Å².